The van der Waals surface area contributed by atoms with Gasteiger partial charge in [0.05, 0.1) is 164 Å². The molecule has 1 fully saturated rings. The van der Waals surface area contributed by atoms with Gasteiger partial charge in [-0.1, -0.05) is 35.3 Å². The van der Waals surface area contributed by atoms with Crippen LogP contribution in [0.15, 0.2) is 102 Å². The number of nitrogens with two attached hydrogens (primary N) is 1. The number of rotatable bonds is 43. The zero-order chi connectivity index (χ0) is 73.6. The summed E-state index contributed by atoms with van der Waals surface area (Å²) in [6.07, 6.45) is -0.780. The number of piperazine rings is 1. The number of hydrogen-bond acceptors (Lipinski definition) is 17. The third kappa shape index (κ3) is 25.9. The molecule has 1 aliphatic rings. The molecule has 24 nitrogen and oxygen atoms in total. The summed E-state index contributed by atoms with van der Waals surface area (Å²) in [4.78, 5) is 86.1. The van der Waals surface area contributed by atoms with Gasteiger partial charge in [-0.2, -0.15) is 13.2 Å². The molecule has 2 aromatic heterocycles. The number of likely N-dealkylation sites (N-methyl/N-ethyl adjacent to an activating group) is 1. The Balaban J connectivity index is 0.657. The number of aromatic amines is 2. The van der Waals surface area contributed by atoms with E-state index < -0.39 is 75.9 Å². The van der Waals surface area contributed by atoms with Crippen LogP contribution in [-0.2, 0) is 58.4 Å². The zero-order valence-electron chi connectivity index (χ0n) is 56.4. The highest BCUT2D eigenvalue weighted by molar-refractivity contribution is 6.31. The molecule has 4 aromatic carbocycles. The van der Waals surface area contributed by atoms with Crippen LogP contribution in [-0.4, -0.2) is 209 Å². The van der Waals surface area contributed by atoms with Crippen molar-refractivity contribution in [2.24, 2.45) is 5.73 Å². The minimum absolute atomic E-state index is 0.00449. The molecule has 7 rings (SSSR count). The summed E-state index contributed by atoms with van der Waals surface area (Å²) in [6, 6.07) is 15.5. The van der Waals surface area contributed by atoms with E-state index in [0.717, 1.165) is 18.2 Å². The van der Waals surface area contributed by atoms with E-state index in [1.807, 2.05) is 25.8 Å². The molecule has 0 aliphatic carbocycles. The van der Waals surface area contributed by atoms with Crippen LogP contribution in [0.2, 0.25) is 10.0 Å². The second-order valence-corrected chi connectivity index (χ2v) is 24.0. The normalized spacial score (nSPS) is 14.5. The minimum Gasteiger partial charge on any atom is -0.377 e. The van der Waals surface area contributed by atoms with Crippen LogP contribution in [0.4, 0.5) is 37.7 Å². The van der Waals surface area contributed by atoms with E-state index in [0.29, 0.717) is 122 Å². The molecule has 0 radical (unpaired) electrons. The molecule has 0 bridgehead atoms. The molecule has 3 atom stereocenters. The second kappa shape index (κ2) is 41.8. The molecule has 6 aromatic rings. The zero-order valence-corrected chi connectivity index (χ0v) is 57.9. The molecule has 5 amide bonds. The number of hydrogen-bond donors (Lipinski definition) is 7. The molecule has 1 aliphatic heterocycles. The number of nitrogens with one attached hydrogen (secondary N) is 6. The first-order valence-electron chi connectivity index (χ1n) is 32.7. The fraction of sp³-hybridized carbons (Fsp3) is 0.429. The van der Waals surface area contributed by atoms with Crippen molar-refractivity contribution in [2.75, 3.05) is 162 Å². The summed E-state index contributed by atoms with van der Waals surface area (Å²) in [5.74, 6) is -5.79. The summed E-state index contributed by atoms with van der Waals surface area (Å²) in [6.45, 7) is 11.0. The van der Waals surface area contributed by atoms with Gasteiger partial charge in [0.1, 0.15) is 17.5 Å². The first-order chi connectivity index (χ1) is 49.0. The number of halogens is 8. The predicted molar refractivity (Wildman–Crippen MR) is 369 cm³/mol. The highest BCUT2D eigenvalue weighted by Gasteiger charge is 2.37. The predicted octanol–water partition coefficient (Wildman–Crippen LogP) is 8.62. The Morgan fingerprint density at radius 3 is 1.69 bits per heavy atom. The van der Waals surface area contributed by atoms with Crippen molar-refractivity contribution in [3.8, 4) is 22.3 Å². The lowest BCUT2D eigenvalue weighted by molar-refractivity contribution is -0.138. The molecule has 8 N–H and O–H groups in total. The van der Waals surface area contributed by atoms with Crippen LogP contribution in [0.25, 0.3) is 28.3 Å². The maximum absolute atomic E-state index is 15.5. The lowest BCUT2D eigenvalue weighted by Crippen LogP contribution is -2.55. The summed E-state index contributed by atoms with van der Waals surface area (Å²) in [7, 11) is 1.98. The highest BCUT2D eigenvalue weighted by atomic mass is 35.5. The maximum Gasteiger partial charge on any atom is 0.417 e. The Kier molecular flexibility index (Phi) is 33.2. The van der Waals surface area contributed by atoms with E-state index in [1.54, 1.807) is 12.1 Å². The van der Waals surface area contributed by atoms with Crippen LogP contribution in [0.1, 0.15) is 74.2 Å². The van der Waals surface area contributed by atoms with Crippen LogP contribution >= 0.6 is 23.2 Å². The summed E-state index contributed by atoms with van der Waals surface area (Å²) < 4.78 is 137. The molecule has 0 spiro atoms. The first-order valence-corrected chi connectivity index (χ1v) is 33.4. The fourth-order valence-corrected chi connectivity index (χ4v) is 10.8. The van der Waals surface area contributed by atoms with Crippen molar-refractivity contribution in [1.29, 1.82) is 0 Å². The van der Waals surface area contributed by atoms with E-state index in [4.69, 9.17) is 71.6 Å². The average molecular weight is 1480 g/mol. The quantitative estimate of drug-likeness (QED) is 0.0107. The summed E-state index contributed by atoms with van der Waals surface area (Å²) in [5, 5.41) is 10.6. The van der Waals surface area contributed by atoms with E-state index in [2.05, 4.69) is 36.1 Å². The number of amides is 5. The number of anilines is 2. The molecular weight excluding hydrogens is 1390 g/mol. The second-order valence-electron chi connectivity index (χ2n) is 23.1. The fourth-order valence-electron chi connectivity index (χ4n) is 10.5. The molecular formula is C70H83Cl2F6N9O15. The van der Waals surface area contributed by atoms with E-state index in [9.17, 15) is 46.3 Å². The smallest absolute Gasteiger partial charge is 0.377 e. The Labute approximate surface area is 595 Å². The van der Waals surface area contributed by atoms with E-state index in [-0.39, 0.29) is 119 Å². The average Bonchev–Trinajstić information content (AvgIpc) is 1.20. The van der Waals surface area contributed by atoms with Crippen LogP contribution < -0.4 is 37.5 Å². The molecule has 0 saturated carbocycles. The van der Waals surface area contributed by atoms with Gasteiger partial charge in [-0.05, 0) is 98.8 Å². The molecule has 1 saturated heterocycles. The van der Waals surface area contributed by atoms with Crippen LogP contribution in [0.5, 0.6) is 0 Å². The van der Waals surface area contributed by atoms with Gasteiger partial charge in [0.2, 0.25) is 17.4 Å². The third-order valence-electron chi connectivity index (χ3n) is 15.8. The summed E-state index contributed by atoms with van der Waals surface area (Å²) >= 11 is 12.0. The number of primary amides is 1. The van der Waals surface area contributed by atoms with Gasteiger partial charge in [0, 0.05) is 95.8 Å². The molecule has 0 unspecified atom stereocenters. The minimum atomic E-state index is -5.01. The van der Waals surface area contributed by atoms with Crippen molar-refractivity contribution in [2.45, 2.75) is 44.6 Å². The van der Waals surface area contributed by atoms with Crippen LogP contribution in [0.3, 0.4) is 0 Å². The lowest BCUT2D eigenvalue weighted by atomic mass is 9.98. The molecule has 3 heterocycles. The van der Waals surface area contributed by atoms with Gasteiger partial charge in [0.25, 0.3) is 17.7 Å². The Morgan fingerprint density at radius 1 is 0.608 bits per heavy atom. The number of nitrogens with zero attached hydrogens (tertiary/aromatic N) is 2. The van der Waals surface area contributed by atoms with Crippen molar-refractivity contribution in [1.82, 2.24) is 30.8 Å². The van der Waals surface area contributed by atoms with Gasteiger partial charge >= 0.3 is 6.18 Å². The number of aromatic nitrogens is 2. The Bertz CT molecular complexity index is 3820. The number of H-pyrrole nitrogens is 2. The van der Waals surface area contributed by atoms with Gasteiger partial charge in [-0.15, -0.1) is 0 Å². The number of carbonyl (C=O) groups excluding carboxylic acids is 5. The summed E-state index contributed by atoms with van der Waals surface area (Å²) in [5.41, 5.74) is 3.69. The Hall–Kier alpha value is -8.24. The van der Waals surface area contributed by atoms with Crippen LogP contribution in [0, 0.1) is 17.5 Å². The number of ether oxygens (including phenoxy) is 9. The van der Waals surface area contributed by atoms with Gasteiger partial charge in [-0.25, -0.2) is 13.2 Å². The van der Waals surface area contributed by atoms with E-state index in [1.165, 1.54) is 60.8 Å². The van der Waals surface area contributed by atoms with Crippen molar-refractivity contribution in [3.05, 3.63) is 169 Å². The lowest BCUT2D eigenvalue weighted by Gasteiger charge is -2.44. The number of carbonyl (C=O) groups is 5. The standard InChI is InChI=1S/C70H83Cl2F6N9O15/c1-44-42-87(43-45(2)86(44)3)62-12-6-46(36-61(62)85-68(92)52-40-83-65(90)38-54(52)70(76,77)78)51-34-48(5-9-56(51)73)67(91)81-15-17-95-19-21-97-23-25-99-27-29-101-31-33-102-32-30-100-28-26-98-24-22-96-20-18-94-16-14-80-64(89)13-11-59-66(50-8-7-49(71)37-58(50)75)53(41-82-59)69(93)84-60(39-63(79)88)47-4-10-57(74)55(72)35-47/h4-13,34-38,40-41,44-45,60,82H,14-33,39,42-43H2,1-3H3,(H2,79,88)(H,80,89)(H,81,91)(H,83,90)(H,84,93)(H,85,92)/b13-11+/t44-,45+,60-/m0/s1. The highest BCUT2D eigenvalue weighted by Crippen LogP contribution is 2.38. The van der Waals surface area contributed by atoms with E-state index >= 15 is 8.78 Å². The largest absolute Gasteiger partial charge is 0.417 e. The maximum atomic E-state index is 15.5. The van der Waals surface area contributed by atoms with Gasteiger partial charge < -0.3 is 84.5 Å². The topological polar surface area (TPSA) is 298 Å². The molecule has 554 valence electrons. The van der Waals surface area contributed by atoms with Crippen molar-refractivity contribution < 1.29 is 92.9 Å². The van der Waals surface area contributed by atoms with Crippen molar-refractivity contribution in [3.63, 3.8) is 0 Å². The Morgan fingerprint density at radius 2 is 1.15 bits per heavy atom. The number of alkyl halides is 3. The number of benzene rings is 4. The van der Waals surface area contributed by atoms with Gasteiger partial charge in [0.15, 0.2) is 0 Å². The van der Waals surface area contributed by atoms with Gasteiger partial charge in [-0.3, -0.25) is 33.7 Å². The first kappa shape index (κ1) is 81.1. The number of pyridine rings is 1. The SMILES string of the molecule is C[C@@H]1CN(c2ccc(-c3cc(C(=O)NCCOCCOCCOCCOCCOCCOCCOCCOCCOCCNC(=O)/C=C/c4[nH]cc(C(=O)N[C@@H](CC(N)=O)c5ccc(F)c(Cl)c5)c4-c4ccc(Cl)cc4F)ccc3F)cc2NC(=O)c2c[nH]c(=O)cc2C(F)(F)F)C[C@H](C)N1C. The third-order valence-corrected chi connectivity index (χ3v) is 16.4. The van der Waals surface area contributed by atoms with Crippen molar-refractivity contribution >= 4 is 70.2 Å². The monoisotopic (exact) mass is 1470 g/mol. The molecule has 32 heteroatoms. The molecule has 102 heavy (non-hydrogen) atoms.